The molecular formula is C14H22N4O. The molecule has 1 saturated heterocycles. The molecule has 2 rings (SSSR count). The first-order valence-corrected chi connectivity index (χ1v) is 6.71. The highest BCUT2D eigenvalue weighted by Crippen LogP contribution is 2.19. The Morgan fingerprint density at radius 1 is 1.42 bits per heavy atom. The summed E-state index contributed by atoms with van der Waals surface area (Å²) in [5.41, 5.74) is 2.31. The number of aromatic nitrogens is 1. The molecule has 0 aromatic carbocycles. The van der Waals surface area contributed by atoms with Gasteiger partial charge in [-0.25, -0.2) is 4.79 Å². The molecule has 0 unspecified atom stereocenters. The van der Waals surface area contributed by atoms with E-state index in [0.29, 0.717) is 6.04 Å². The number of carbonyl (C=O) groups excluding carboxylic acids is 1. The van der Waals surface area contributed by atoms with Gasteiger partial charge in [0, 0.05) is 39.4 Å². The van der Waals surface area contributed by atoms with Crippen molar-refractivity contribution >= 4 is 11.7 Å². The minimum atomic E-state index is 0.107. The van der Waals surface area contributed by atoms with Gasteiger partial charge in [0.1, 0.15) is 0 Å². The molecular weight excluding hydrogens is 240 g/mol. The number of aryl methyl sites for hydroxylation is 1. The molecule has 1 aromatic heterocycles. The molecule has 0 bridgehead atoms. The van der Waals surface area contributed by atoms with Gasteiger partial charge >= 0.3 is 6.03 Å². The van der Waals surface area contributed by atoms with Gasteiger partial charge in [-0.2, -0.15) is 0 Å². The van der Waals surface area contributed by atoms with Crippen LogP contribution in [0, 0.1) is 6.92 Å². The fourth-order valence-corrected chi connectivity index (χ4v) is 2.33. The van der Waals surface area contributed by atoms with Gasteiger partial charge in [0.05, 0.1) is 11.9 Å². The van der Waals surface area contributed by atoms with Crippen LogP contribution in [0.4, 0.5) is 10.5 Å². The lowest BCUT2D eigenvalue weighted by molar-refractivity contribution is 0.158. The van der Waals surface area contributed by atoms with Gasteiger partial charge in [-0.15, -0.1) is 0 Å². The average molecular weight is 262 g/mol. The minimum Gasteiger partial charge on any atom is -0.381 e. The van der Waals surface area contributed by atoms with Crippen LogP contribution in [0.3, 0.4) is 0 Å². The van der Waals surface area contributed by atoms with Crippen LogP contribution in [0.15, 0.2) is 18.5 Å². The van der Waals surface area contributed by atoms with Gasteiger partial charge in [-0.3, -0.25) is 4.98 Å². The van der Waals surface area contributed by atoms with Crippen molar-refractivity contribution in [1.82, 2.24) is 14.8 Å². The lowest BCUT2D eigenvalue weighted by Crippen LogP contribution is -2.46. The highest BCUT2D eigenvalue weighted by atomic mass is 16.2. The standard InChI is InChI=1S/C14H22N4O/c1-11-4-7-15-10-13(11)16-12-5-8-18(9-6-12)14(19)17(2)3/h4,7,10,12,16H,5-6,8-9H2,1-3H3. The number of likely N-dealkylation sites (tertiary alicyclic amines) is 1. The second kappa shape index (κ2) is 5.91. The number of amides is 2. The lowest BCUT2D eigenvalue weighted by atomic mass is 10.0. The molecule has 104 valence electrons. The monoisotopic (exact) mass is 262 g/mol. The highest BCUT2D eigenvalue weighted by molar-refractivity contribution is 5.73. The van der Waals surface area contributed by atoms with E-state index in [-0.39, 0.29) is 6.03 Å². The molecule has 1 aromatic rings. The molecule has 0 aliphatic carbocycles. The largest absolute Gasteiger partial charge is 0.381 e. The zero-order valence-electron chi connectivity index (χ0n) is 11.9. The van der Waals surface area contributed by atoms with Gasteiger partial charge in [-0.1, -0.05) is 0 Å². The summed E-state index contributed by atoms with van der Waals surface area (Å²) in [6.45, 7) is 3.71. The van der Waals surface area contributed by atoms with Crippen LogP contribution in [0.1, 0.15) is 18.4 Å². The average Bonchev–Trinajstić information content (AvgIpc) is 2.41. The van der Waals surface area contributed by atoms with E-state index in [1.54, 1.807) is 25.2 Å². The molecule has 0 atom stereocenters. The predicted molar refractivity (Wildman–Crippen MR) is 76.3 cm³/mol. The summed E-state index contributed by atoms with van der Waals surface area (Å²) >= 11 is 0. The molecule has 2 heterocycles. The molecule has 5 heteroatoms. The van der Waals surface area contributed by atoms with Gasteiger partial charge in [-0.05, 0) is 31.4 Å². The zero-order valence-corrected chi connectivity index (χ0v) is 11.9. The van der Waals surface area contributed by atoms with E-state index in [0.717, 1.165) is 31.6 Å². The van der Waals surface area contributed by atoms with Crippen LogP contribution in [-0.2, 0) is 0 Å². The summed E-state index contributed by atoms with van der Waals surface area (Å²) in [6.07, 6.45) is 5.63. The SMILES string of the molecule is Cc1ccncc1NC1CCN(C(=O)N(C)C)CC1. The zero-order chi connectivity index (χ0) is 13.8. The molecule has 1 aliphatic heterocycles. The molecule has 0 radical (unpaired) electrons. The van der Waals surface area contributed by atoms with Crippen molar-refractivity contribution < 1.29 is 4.79 Å². The van der Waals surface area contributed by atoms with Crippen LogP contribution in [0.5, 0.6) is 0 Å². The van der Waals surface area contributed by atoms with Gasteiger partial charge in [0.15, 0.2) is 0 Å². The Bertz CT molecular complexity index is 439. The summed E-state index contributed by atoms with van der Waals surface area (Å²) in [5.74, 6) is 0. The topological polar surface area (TPSA) is 48.5 Å². The number of rotatable bonds is 2. The van der Waals surface area contributed by atoms with Crippen LogP contribution in [0.25, 0.3) is 0 Å². The van der Waals surface area contributed by atoms with E-state index in [1.807, 2.05) is 17.2 Å². The quantitative estimate of drug-likeness (QED) is 0.886. The first-order valence-electron chi connectivity index (χ1n) is 6.71. The maximum absolute atomic E-state index is 11.8. The highest BCUT2D eigenvalue weighted by Gasteiger charge is 2.23. The van der Waals surface area contributed by atoms with Crippen LogP contribution in [-0.4, -0.2) is 54.0 Å². The second-order valence-corrected chi connectivity index (χ2v) is 5.27. The number of carbonyl (C=O) groups is 1. The Morgan fingerprint density at radius 2 is 2.11 bits per heavy atom. The summed E-state index contributed by atoms with van der Waals surface area (Å²) in [5, 5.41) is 3.52. The fourth-order valence-electron chi connectivity index (χ4n) is 2.33. The van der Waals surface area contributed by atoms with Crippen molar-refractivity contribution in [3.05, 3.63) is 24.0 Å². The molecule has 1 fully saturated rings. The summed E-state index contributed by atoms with van der Waals surface area (Å²) in [7, 11) is 3.59. The van der Waals surface area contributed by atoms with Crippen LogP contribution >= 0.6 is 0 Å². The molecule has 0 saturated carbocycles. The van der Waals surface area contributed by atoms with E-state index >= 15 is 0 Å². The van der Waals surface area contributed by atoms with Crippen LogP contribution in [0.2, 0.25) is 0 Å². The maximum Gasteiger partial charge on any atom is 0.319 e. The number of nitrogens with one attached hydrogen (secondary N) is 1. The van der Waals surface area contributed by atoms with Gasteiger partial charge in [0.25, 0.3) is 0 Å². The van der Waals surface area contributed by atoms with E-state index in [1.165, 1.54) is 5.56 Å². The third kappa shape index (κ3) is 3.36. The number of piperidine rings is 1. The number of nitrogens with zero attached hydrogens (tertiary/aromatic N) is 3. The Balaban J connectivity index is 1.87. The number of anilines is 1. The Hall–Kier alpha value is -1.78. The van der Waals surface area contributed by atoms with Crippen molar-refractivity contribution in [3.8, 4) is 0 Å². The number of hydrogen-bond donors (Lipinski definition) is 1. The van der Waals surface area contributed by atoms with Crippen molar-refractivity contribution in [1.29, 1.82) is 0 Å². The number of hydrogen-bond acceptors (Lipinski definition) is 3. The van der Waals surface area contributed by atoms with Crippen molar-refractivity contribution in [2.24, 2.45) is 0 Å². The normalized spacial score (nSPS) is 16.3. The Labute approximate surface area is 114 Å². The lowest BCUT2D eigenvalue weighted by Gasteiger charge is -2.34. The molecule has 1 N–H and O–H groups in total. The second-order valence-electron chi connectivity index (χ2n) is 5.27. The smallest absolute Gasteiger partial charge is 0.319 e. The van der Waals surface area contributed by atoms with Crippen molar-refractivity contribution in [2.75, 3.05) is 32.5 Å². The van der Waals surface area contributed by atoms with E-state index in [9.17, 15) is 4.79 Å². The van der Waals surface area contributed by atoms with Gasteiger partial charge in [0.2, 0.25) is 0 Å². The van der Waals surface area contributed by atoms with Crippen molar-refractivity contribution in [2.45, 2.75) is 25.8 Å². The predicted octanol–water partition coefficient (Wildman–Crippen LogP) is 1.95. The first kappa shape index (κ1) is 13.6. The summed E-state index contributed by atoms with van der Waals surface area (Å²) in [4.78, 5) is 19.5. The Morgan fingerprint density at radius 3 is 2.68 bits per heavy atom. The molecule has 0 spiro atoms. The first-order chi connectivity index (χ1) is 9.08. The molecule has 2 amide bonds. The summed E-state index contributed by atoms with van der Waals surface area (Å²) in [6, 6.07) is 2.54. The Kier molecular flexibility index (Phi) is 4.24. The molecule has 5 nitrogen and oxygen atoms in total. The number of urea groups is 1. The van der Waals surface area contributed by atoms with Crippen LogP contribution < -0.4 is 5.32 Å². The van der Waals surface area contributed by atoms with Crippen molar-refractivity contribution in [3.63, 3.8) is 0 Å². The third-order valence-electron chi connectivity index (χ3n) is 3.55. The molecule has 1 aliphatic rings. The van der Waals surface area contributed by atoms with E-state index in [4.69, 9.17) is 0 Å². The third-order valence-corrected chi connectivity index (χ3v) is 3.55. The van der Waals surface area contributed by atoms with E-state index in [2.05, 4.69) is 17.2 Å². The summed E-state index contributed by atoms with van der Waals surface area (Å²) < 4.78 is 0. The van der Waals surface area contributed by atoms with Gasteiger partial charge < -0.3 is 15.1 Å². The van der Waals surface area contributed by atoms with E-state index < -0.39 is 0 Å². The minimum absolute atomic E-state index is 0.107. The maximum atomic E-state index is 11.8. The fraction of sp³-hybridized carbons (Fsp3) is 0.571. The molecule has 19 heavy (non-hydrogen) atoms. The number of pyridine rings is 1.